The van der Waals surface area contributed by atoms with E-state index in [2.05, 4.69) is 9.47 Å². The summed E-state index contributed by atoms with van der Waals surface area (Å²) in [4.78, 5) is 26.4. The number of hydrogen-bond donors (Lipinski definition) is 1. The standard InChI is InChI=1S/C15H15F3N2O4.C7H5F3NO/c16-15(17,18)24-11-3-1-10(2-4-11)20-6-5-9-7-19(14(22)23)8-12(9)13(20)21;8-7(9,10)12-6-3-1-5(11)2-4-6/h1-4,9,12H,5-8H2,(H,22,23);1-4,11H/q;-1/t9-,12+;/m0./s1. The highest BCUT2D eigenvalue weighted by Gasteiger charge is 2.44. The van der Waals surface area contributed by atoms with Crippen molar-refractivity contribution >= 4 is 23.4 Å². The van der Waals surface area contributed by atoms with Crippen molar-refractivity contribution < 1.29 is 50.5 Å². The minimum absolute atomic E-state index is 0.00214. The second-order valence-corrected chi connectivity index (χ2v) is 7.95. The first kappa shape index (κ1) is 26.8. The predicted molar refractivity (Wildman–Crippen MR) is 114 cm³/mol. The van der Waals surface area contributed by atoms with Crippen LogP contribution < -0.4 is 14.4 Å². The Morgan fingerprint density at radius 2 is 1.39 bits per heavy atom. The highest BCUT2D eigenvalue weighted by molar-refractivity contribution is 5.96. The number of carbonyl (C=O) groups is 2. The van der Waals surface area contributed by atoms with Crippen LogP contribution in [-0.2, 0) is 4.79 Å². The molecule has 2 aliphatic heterocycles. The predicted octanol–water partition coefficient (Wildman–Crippen LogP) is 5.82. The van der Waals surface area contributed by atoms with Gasteiger partial charge in [-0.15, -0.1) is 32.0 Å². The first-order valence-corrected chi connectivity index (χ1v) is 10.4. The van der Waals surface area contributed by atoms with Crippen LogP contribution in [0.4, 0.5) is 42.5 Å². The van der Waals surface area contributed by atoms with Gasteiger partial charge in [-0.3, -0.25) is 4.79 Å². The van der Waals surface area contributed by atoms with Crippen molar-refractivity contribution in [3.8, 4) is 11.5 Å². The molecule has 2 atom stereocenters. The highest BCUT2D eigenvalue weighted by Crippen LogP contribution is 2.35. The highest BCUT2D eigenvalue weighted by atomic mass is 19.4. The van der Waals surface area contributed by atoms with Gasteiger partial charge in [0.1, 0.15) is 11.5 Å². The van der Waals surface area contributed by atoms with E-state index in [1.54, 1.807) is 0 Å². The Labute approximate surface area is 200 Å². The third kappa shape index (κ3) is 7.33. The quantitative estimate of drug-likeness (QED) is 0.514. The van der Waals surface area contributed by atoms with Gasteiger partial charge in [0.15, 0.2) is 0 Å². The molecule has 2 N–H and O–H groups in total. The third-order valence-corrected chi connectivity index (χ3v) is 5.49. The van der Waals surface area contributed by atoms with Crippen LogP contribution in [-0.4, -0.2) is 54.4 Å². The zero-order valence-corrected chi connectivity index (χ0v) is 18.3. The normalized spacial score (nSPS) is 19.8. The second kappa shape index (κ2) is 10.4. The third-order valence-electron chi connectivity index (χ3n) is 5.49. The molecule has 0 spiro atoms. The lowest BCUT2D eigenvalue weighted by molar-refractivity contribution is -0.275. The number of fused-ring (bicyclic) bond motifs is 1. The average Bonchev–Trinajstić information content (AvgIpc) is 3.21. The number of piperidine rings is 1. The van der Waals surface area contributed by atoms with Crippen LogP contribution in [0.25, 0.3) is 5.73 Å². The summed E-state index contributed by atoms with van der Waals surface area (Å²) >= 11 is 0. The fraction of sp³-hybridized carbons (Fsp3) is 0.364. The number of nitrogens with zero attached hydrogens (tertiary/aromatic N) is 2. The van der Waals surface area contributed by atoms with Crippen LogP contribution in [0.2, 0.25) is 0 Å². The molecule has 196 valence electrons. The minimum atomic E-state index is -4.76. The van der Waals surface area contributed by atoms with Crippen LogP contribution in [0, 0.1) is 11.8 Å². The Hall–Kier alpha value is -3.84. The Morgan fingerprint density at radius 1 is 0.889 bits per heavy atom. The van der Waals surface area contributed by atoms with E-state index in [4.69, 9.17) is 10.8 Å². The lowest BCUT2D eigenvalue weighted by atomic mass is 9.87. The molecule has 0 radical (unpaired) electrons. The fourth-order valence-corrected chi connectivity index (χ4v) is 3.95. The fourth-order valence-electron chi connectivity index (χ4n) is 3.95. The van der Waals surface area contributed by atoms with Gasteiger partial charge >= 0.3 is 18.8 Å². The lowest BCUT2D eigenvalue weighted by Crippen LogP contribution is -2.45. The molecule has 2 aliphatic rings. The molecule has 2 aromatic carbocycles. The Morgan fingerprint density at radius 3 is 1.86 bits per heavy atom. The molecule has 2 heterocycles. The van der Waals surface area contributed by atoms with Crippen LogP contribution in [0.15, 0.2) is 48.5 Å². The number of alkyl halides is 6. The topological polar surface area (TPSA) is 103 Å². The monoisotopic (exact) mass is 520 g/mol. The second-order valence-electron chi connectivity index (χ2n) is 7.95. The van der Waals surface area contributed by atoms with Crippen LogP contribution >= 0.6 is 0 Å². The van der Waals surface area contributed by atoms with Gasteiger partial charge in [0, 0.05) is 25.3 Å². The van der Waals surface area contributed by atoms with E-state index in [-0.39, 0.29) is 35.6 Å². The molecule has 4 rings (SSSR count). The molecule has 8 nitrogen and oxygen atoms in total. The van der Waals surface area contributed by atoms with E-state index >= 15 is 0 Å². The molecule has 0 unspecified atom stereocenters. The first-order chi connectivity index (χ1) is 16.7. The number of likely N-dealkylation sites (tertiary alicyclic amines) is 1. The number of carbonyl (C=O) groups excluding carboxylic acids is 1. The van der Waals surface area contributed by atoms with Gasteiger partial charge < -0.3 is 30.1 Å². The maximum atomic E-state index is 12.6. The number of rotatable bonds is 3. The molecule has 0 aromatic heterocycles. The molecule has 14 heteroatoms. The summed E-state index contributed by atoms with van der Waals surface area (Å²) < 4.78 is 78.6. The molecule has 36 heavy (non-hydrogen) atoms. The summed E-state index contributed by atoms with van der Waals surface area (Å²) in [7, 11) is 0. The molecule has 0 bridgehead atoms. The first-order valence-electron chi connectivity index (χ1n) is 10.4. The number of halogens is 6. The van der Waals surface area contributed by atoms with Crippen molar-refractivity contribution in [2.24, 2.45) is 11.8 Å². The van der Waals surface area contributed by atoms with Gasteiger partial charge in [-0.2, -0.15) is 0 Å². The zero-order chi connectivity index (χ0) is 26.7. The summed E-state index contributed by atoms with van der Waals surface area (Å²) in [5, 5.41) is 9.05. The Balaban J connectivity index is 0.000000253. The van der Waals surface area contributed by atoms with Gasteiger partial charge in [-0.1, -0.05) is 12.1 Å². The van der Waals surface area contributed by atoms with E-state index in [1.165, 1.54) is 34.1 Å². The summed E-state index contributed by atoms with van der Waals surface area (Å²) in [5.74, 6) is -1.26. The van der Waals surface area contributed by atoms with Gasteiger partial charge in [0.2, 0.25) is 5.91 Å². The Bertz CT molecular complexity index is 1060. The number of hydrogen-bond acceptors (Lipinski definition) is 4. The maximum Gasteiger partial charge on any atom is 0.573 e. The van der Waals surface area contributed by atoms with Crippen molar-refractivity contribution in [3.63, 3.8) is 0 Å². The molecule has 0 aliphatic carbocycles. The van der Waals surface area contributed by atoms with E-state index < -0.39 is 24.7 Å². The van der Waals surface area contributed by atoms with Crippen molar-refractivity contribution in [1.29, 1.82) is 0 Å². The summed E-state index contributed by atoms with van der Waals surface area (Å²) in [6.07, 6.45) is -9.82. The molecule has 2 fully saturated rings. The summed E-state index contributed by atoms with van der Waals surface area (Å²) in [6, 6.07) is 9.72. The maximum absolute atomic E-state index is 12.6. The number of anilines is 1. The van der Waals surface area contributed by atoms with Crippen molar-refractivity contribution in [2.75, 3.05) is 24.5 Å². The van der Waals surface area contributed by atoms with Crippen molar-refractivity contribution in [1.82, 2.24) is 4.90 Å². The van der Waals surface area contributed by atoms with E-state index in [9.17, 15) is 35.9 Å². The summed E-state index contributed by atoms with van der Waals surface area (Å²) in [6.45, 7) is 0.912. The molecule has 2 saturated heterocycles. The van der Waals surface area contributed by atoms with E-state index in [1.807, 2.05) is 0 Å². The molecule has 2 aromatic rings. The number of carboxylic acid groups (broad SMARTS) is 1. The molecule has 0 saturated carbocycles. The Kier molecular flexibility index (Phi) is 7.74. The smallest absolute Gasteiger partial charge is 0.573 e. The molecule has 2 amide bonds. The van der Waals surface area contributed by atoms with Gasteiger partial charge in [-0.05, 0) is 48.7 Å². The SMILES string of the molecule is O=C(O)N1C[C@@H]2CCN(c3ccc(OC(F)(F)F)cc3)C(=O)[C@@H]2C1.[NH-]c1ccc(OC(F)(F)F)cc1. The number of benzene rings is 2. The molecular weight excluding hydrogens is 500 g/mol. The van der Waals surface area contributed by atoms with Crippen molar-refractivity contribution in [3.05, 3.63) is 54.3 Å². The average molecular weight is 520 g/mol. The van der Waals surface area contributed by atoms with Gasteiger partial charge in [-0.25, -0.2) is 4.79 Å². The largest absolute Gasteiger partial charge is 0.699 e. The van der Waals surface area contributed by atoms with Crippen LogP contribution in [0.5, 0.6) is 11.5 Å². The number of nitrogens with one attached hydrogen (secondary N) is 1. The lowest BCUT2D eigenvalue weighted by Gasteiger charge is -2.33. The van der Waals surface area contributed by atoms with Crippen molar-refractivity contribution in [2.45, 2.75) is 19.1 Å². The van der Waals surface area contributed by atoms with Crippen LogP contribution in [0.1, 0.15) is 6.42 Å². The van der Waals surface area contributed by atoms with E-state index in [0.29, 0.717) is 25.2 Å². The molecular formula is C22H20F6N3O5-. The minimum Gasteiger partial charge on any atom is -0.699 e. The van der Waals surface area contributed by atoms with Gasteiger partial charge in [0.25, 0.3) is 0 Å². The van der Waals surface area contributed by atoms with Crippen LogP contribution in [0.3, 0.4) is 0 Å². The number of amides is 2. The zero-order valence-electron chi connectivity index (χ0n) is 18.3. The van der Waals surface area contributed by atoms with E-state index in [0.717, 1.165) is 24.3 Å². The number of ether oxygens (including phenoxy) is 2. The summed E-state index contributed by atoms with van der Waals surface area (Å²) in [5.41, 5.74) is 7.60. The van der Waals surface area contributed by atoms with Gasteiger partial charge in [0.05, 0.1) is 5.92 Å².